The van der Waals surface area contributed by atoms with Gasteiger partial charge >= 0.3 is 0 Å². The van der Waals surface area contributed by atoms with Gasteiger partial charge in [0.05, 0.1) is 11.4 Å². The van der Waals surface area contributed by atoms with Gasteiger partial charge in [0.15, 0.2) is 6.17 Å². The Bertz CT molecular complexity index is 450. The van der Waals surface area contributed by atoms with Crippen LogP contribution in [0.1, 0.15) is 0 Å². The largest absolute Gasteiger partial charge is 0.371 e. The lowest BCUT2D eigenvalue weighted by Crippen LogP contribution is -2.51. The second-order valence-corrected chi connectivity index (χ2v) is 3.74. The average Bonchev–Trinajstić information content (AvgIpc) is 2.37. The lowest BCUT2D eigenvalue weighted by Gasteiger charge is -2.35. The summed E-state index contributed by atoms with van der Waals surface area (Å²) in [5.41, 5.74) is 1.09. The van der Waals surface area contributed by atoms with E-state index in [1.165, 1.54) is 0 Å². The second-order valence-electron chi connectivity index (χ2n) is 3.74. The maximum Gasteiger partial charge on any atom is 0.289 e. The van der Waals surface area contributed by atoms with Crippen LogP contribution in [-0.4, -0.2) is 18.1 Å². The molecular weight excluding hydrogens is 228 g/mol. The molecule has 0 saturated heterocycles. The fourth-order valence-electron chi connectivity index (χ4n) is 1.74. The minimum Gasteiger partial charge on any atom is -0.371 e. The highest BCUT2D eigenvalue weighted by atomic mass is 19.3. The zero-order chi connectivity index (χ0) is 12.5. The quantitative estimate of drug-likeness (QED) is 0.630. The molecule has 1 heterocycles. The highest BCUT2D eigenvalue weighted by Gasteiger charge is 2.45. The molecule has 2 rings (SSSR count). The smallest absolute Gasteiger partial charge is 0.289 e. The zero-order valence-electron chi connectivity index (χ0n) is 8.86. The van der Waals surface area contributed by atoms with E-state index in [0.717, 1.165) is 0 Å². The van der Waals surface area contributed by atoms with Gasteiger partial charge in [-0.3, -0.25) is 0 Å². The van der Waals surface area contributed by atoms with Crippen molar-refractivity contribution >= 4 is 11.4 Å². The van der Waals surface area contributed by atoms with Crippen LogP contribution in [-0.2, 0) is 0 Å². The molecule has 0 amide bonds. The first-order valence-corrected chi connectivity index (χ1v) is 5.04. The summed E-state index contributed by atoms with van der Waals surface area (Å²) in [7, 11) is 0. The van der Waals surface area contributed by atoms with E-state index in [9.17, 15) is 13.7 Å². The van der Waals surface area contributed by atoms with Crippen LogP contribution in [0.3, 0.4) is 0 Å². The summed E-state index contributed by atoms with van der Waals surface area (Å²) < 4.78 is 27.1. The van der Waals surface area contributed by atoms with E-state index in [4.69, 9.17) is 0 Å². The lowest BCUT2D eigenvalue weighted by atomic mass is 10.0. The van der Waals surface area contributed by atoms with Crippen LogP contribution in [0.2, 0.25) is 0 Å². The molecule has 1 aliphatic heterocycles. The van der Waals surface area contributed by atoms with Crippen molar-refractivity contribution < 1.29 is 8.78 Å². The number of benzene rings is 1. The van der Waals surface area contributed by atoms with Crippen molar-refractivity contribution in [3.63, 3.8) is 0 Å². The molecule has 0 radical (unpaired) electrons. The molecule has 6 heteroatoms. The Balaban J connectivity index is 2.36. The highest BCUT2D eigenvalue weighted by molar-refractivity contribution is 5.72. The molecule has 90 valence electrons. The van der Waals surface area contributed by atoms with Gasteiger partial charge in [-0.05, 0) is 23.4 Å². The number of hydrogen-bond donors (Lipinski definition) is 2. The van der Waals surface area contributed by atoms with Crippen molar-refractivity contribution in [2.24, 2.45) is 5.18 Å². The van der Waals surface area contributed by atoms with Gasteiger partial charge in [-0.25, -0.2) is 0 Å². The molecule has 1 aromatic rings. The molecule has 0 spiro atoms. The molecule has 0 fully saturated rings. The number of nitrogens with zero attached hydrogens (tertiary/aromatic N) is 1. The predicted octanol–water partition coefficient (Wildman–Crippen LogP) is 2.81. The lowest BCUT2D eigenvalue weighted by molar-refractivity contribution is 0.0278. The Morgan fingerprint density at radius 2 is 1.88 bits per heavy atom. The van der Waals surface area contributed by atoms with Crippen molar-refractivity contribution in [1.29, 1.82) is 0 Å². The van der Waals surface area contributed by atoms with Crippen molar-refractivity contribution in [2.75, 3.05) is 10.6 Å². The SMILES string of the molecule is C=CC(F)(F)C1Nc2ccccc2NC1N=O. The van der Waals surface area contributed by atoms with Crippen molar-refractivity contribution in [3.8, 4) is 0 Å². The molecule has 1 aromatic carbocycles. The zero-order valence-corrected chi connectivity index (χ0v) is 8.86. The van der Waals surface area contributed by atoms with Crippen LogP contribution in [0.4, 0.5) is 20.2 Å². The predicted molar refractivity (Wildman–Crippen MR) is 62.2 cm³/mol. The Morgan fingerprint density at radius 3 is 2.41 bits per heavy atom. The fourth-order valence-corrected chi connectivity index (χ4v) is 1.74. The topological polar surface area (TPSA) is 53.5 Å². The molecule has 0 aromatic heterocycles. The summed E-state index contributed by atoms with van der Waals surface area (Å²) in [6.45, 7) is 3.07. The third-order valence-electron chi connectivity index (χ3n) is 2.66. The van der Waals surface area contributed by atoms with Crippen LogP contribution >= 0.6 is 0 Å². The second kappa shape index (κ2) is 4.12. The molecule has 2 atom stereocenters. The number of rotatable bonds is 3. The third kappa shape index (κ3) is 1.98. The Kier molecular flexibility index (Phi) is 2.79. The minimum absolute atomic E-state index is 0.512. The number of nitrogens with one attached hydrogen (secondary N) is 2. The van der Waals surface area contributed by atoms with E-state index in [2.05, 4.69) is 22.4 Å². The number of halogens is 2. The monoisotopic (exact) mass is 239 g/mol. The molecule has 1 aliphatic rings. The van der Waals surface area contributed by atoms with Crippen LogP contribution in [0, 0.1) is 4.91 Å². The number of hydrogen-bond acceptors (Lipinski definition) is 4. The first-order valence-electron chi connectivity index (χ1n) is 5.04. The van der Waals surface area contributed by atoms with Gasteiger partial charge in [0.25, 0.3) is 5.92 Å². The Morgan fingerprint density at radius 1 is 1.29 bits per heavy atom. The number of nitroso groups, excluding NO2 is 1. The fraction of sp³-hybridized carbons (Fsp3) is 0.273. The van der Waals surface area contributed by atoms with E-state index in [-0.39, 0.29) is 0 Å². The van der Waals surface area contributed by atoms with Crippen LogP contribution in [0.5, 0.6) is 0 Å². The number of anilines is 2. The van der Waals surface area contributed by atoms with E-state index in [1.54, 1.807) is 24.3 Å². The minimum atomic E-state index is -3.22. The molecular formula is C11H11F2N3O. The van der Waals surface area contributed by atoms with E-state index in [0.29, 0.717) is 17.5 Å². The Labute approximate surface area is 96.7 Å². The number of para-hydroxylation sites is 2. The molecule has 0 bridgehead atoms. The summed E-state index contributed by atoms with van der Waals surface area (Å²) in [5.74, 6) is -3.22. The van der Waals surface area contributed by atoms with E-state index in [1.807, 2.05) is 0 Å². The molecule has 2 N–H and O–H groups in total. The van der Waals surface area contributed by atoms with Crippen LogP contribution in [0.15, 0.2) is 42.1 Å². The van der Waals surface area contributed by atoms with Gasteiger partial charge in [-0.15, -0.1) is 4.91 Å². The summed E-state index contributed by atoms with van der Waals surface area (Å²) in [5, 5.41) is 7.97. The normalized spacial score (nSPS) is 22.9. The van der Waals surface area contributed by atoms with Crippen molar-refractivity contribution in [3.05, 3.63) is 41.8 Å². The summed E-state index contributed by atoms with van der Waals surface area (Å²) in [6, 6.07) is 5.35. The van der Waals surface area contributed by atoms with Crippen LogP contribution < -0.4 is 10.6 Å². The third-order valence-corrected chi connectivity index (χ3v) is 2.66. The number of alkyl halides is 2. The van der Waals surface area contributed by atoms with Gasteiger partial charge in [0, 0.05) is 0 Å². The molecule has 0 saturated carbocycles. The highest BCUT2D eigenvalue weighted by Crippen LogP contribution is 2.35. The molecule has 2 unspecified atom stereocenters. The van der Waals surface area contributed by atoms with E-state index >= 15 is 0 Å². The van der Waals surface area contributed by atoms with Gasteiger partial charge in [0.2, 0.25) is 0 Å². The van der Waals surface area contributed by atoms with Gasteiger partial charge in [-0.2, -0.15) is 8.78 Å². The summed E-state index contributed by atoms with van der Waals surface area (Å²) >= 11 is 0. The van der Waals surface area contributed by atoms with Crippen molar-refractivity contribution in [2.45, 2.75) is 18.1 Å². The Hall–Kier alpha value is -1.98. The molecule has 4 nitrogen and oxygen atoms in total. The maximum atomic E-state index is 13.6. The number of fused-ring (bicyclic) bond motifs is 1. The van der Waals surface area contributed by atoms with Crippen molar-refractivity contribution in [1.82, 2.24) is 0 Å². The molecule has 0 aliphatic carbocycles. The standard InChI is InChI=1S/C11H11F2N3O/c1-2-11(12,13)9-10(16-17)15-8-6-4-3-5-7(8)14-9/h2-6,9-10,14-15H,1H2. The van der Waals surface area contributed by atoms with Gasteiger partial charge in [-0.1, -0.05) is 18.7 Å². The van der Waals surface area contributed by atoms with Gasteiger partial charge < -0.3 is 10.6 Å². The summed E-state index contributed by atoms with van der Waals surface area (Å²) in [6.07, 6.45) is -0.726. The average molecular weight is 239 g/mol. The van der Waals surface area contributed by atoms with E-state index < -0.39 is 18.1 Å². The first kappa shape index (κ1) is 11.5. The van der Waals surface area contributed by atoms with Gasteiger partial charge in [0.1, 0.15) is 6.04 Å². The first-order chi connectivity index (χ1) is 8.08. The summed E-state index contributed by atoms with van der Waals surface area (Å²) in [4.78, 5) is 10.6. The molecule has 17 heavy (non-hydrogen) atoms. The maximum absolute atomic E-state index is 13.6. The van der Waals surface area contributed by atoms with Crippen LogP contribution in [0.25, 0.3) is 0 Å².